The van der Waals surface area contributed by atoms with Gasteiger partial charge in [0.25, 0.3) is 5.91 Å². The lowest BCUT2D eigenvalue weighted by atomic mass is 9.60. The molecule has 0 unspecified atom stereocenters. The van der Waals surface area contributed by atoms with Gasteiger partial charge < -0.3 is 36.6 Å². The van der Waals surface area contributed by atoms with E-state index in [0.29, 0.717) is 0 Å². The van der Waals surface area contributed by atoms with Crippen LogP contribution >= 0.6 is 0 Å². The number of amides is 2. The van der Waals surface area contributed by atoms with Crippen LogP contribution < -0.4 is 11.1 Å². The van der Waals surface area contributed by atoms with Crippen molar-refractivity contribution >= 4 is 29.1 Å². The second-order valence-corrected chi connectivity index (χ2v) is 9.88. The minimum absolute atomic E-state index is 0.0978. The molecule has 3 aliphatic carbocycles. The number of aliphatic hydroxyl groups excluding tert-OH is 3. The number of fused-ring (bicyclic) bond motifs is 4. The maximum Gasteiger partial charge on any atom is 0.255 e. The molecular formula is C24H24FN3O9. The van der Waals surface area contributed by atoms with Crippen LogP contribution in [0.2, 0.25) is 0 Å². The highest BCUT2D eigenvalue weighted by atomic mass is 19.1. The summed E-state index contributed by atoms with van der Waals surface area (Å²) in [5.74, 6) is -9.85. The lowest BCUT2D eigenvalue weighted by Gasteiger charge is -2.45. The Morgan fingerprint density at radius 1 is 1.19 bits per heavy atom. The number of halogens is 1. The van der Waals surface area contributed by atoms with E-state index in [4.69, 9.17) is 5.73 Å². The fourth-order valence-corrected chi connectivity index (χ4v) is 6.04. The second-order valence-electron chi connectivity index (χ2n) is 9.88. The average molecular weight is 517 g/mol. The van der Waals surface area contributed by atoms with Crippen LogP contribution in [0.15, 0.2) is 22.7 Å². The zero-order valence-electron chi connectivity index (χ0n) is 19.5. The molecule has 12 nitrogen and oxygen atoms in total. The number of aliphatic hydroxyl groups is 4. The number of carbonyl (C=O) groups excluding carboxylic acids is 4. The Labute approximate surface area is 208 Å². The highest BCUT2D eigenvalue weighted by molar-refractivity contribution is 6.24. The summed E-state index contributed by atoms with van der Waals surface area (Å²) >= 11 is 0. The number of hydrogen-bond acceptors (Lipinski definition) is 10. The van der Waals surface area contributed by atoms with Crippen molar-refractivity contribution in [2.75, 3.05) is 19.0 Å². The van der Waals surface area contributed by atoms with Crippen LogP contribution in [0, 0.1) is 17.7 Å². The first-order valence-corrected chi connectivity index (χ1v) is 11.5. The summed E-state index contributed by atoms with van der Waals surface area (Å²) in [5, 5.41) is 55.5. The molecule has 8 N–H and O–H groups in total. The number of phenols is 1. The Balaban J connectivity index is 1.68. The number of likely N-dealkylation sites (N-methyl/N-ethyl adjacent to an activating group) is 1. The van der Waals surface area contributed by atoms with Crippen molar-refractivity contribution in [1.29, 1.82) is 0 Å². The Morgan fingerprint density at radius 2 is 1.86 bits per heavy atom. The molecule has 0 saturated heterocycles. The summed E-state index contributed by atoms with van der Waals surface area (Å²) in [4.78, 5) is 52.2. The van der Waals surface area contributed by atoms with Gasteiger partial charge in [-0.3, -0.25) is 24.1 Å². The summed E-state index contributed by atoms with van der Waals surface area (Å²) in [5.41, 5.74) is -0.0668. The van der Waals surface area contributed by atoms with Crippen molar-refractivity contribution in [3.8, 4) is 5.75 Å². The second kappa shape index (κ2) is 8.10. The molecule has 0 spiro atoms. The summed E-state index contributed by atoms with van der Waals surface area (Å²) in [6.07, 6.45) is -0.738. The van der Waals surface area contributed by atoms with Gasteiger partial charge in [-0.2, -0.15) is 0 Å². The number of phenolic OH excluding ortho intramolecular Hbond substituents is 1. The highest BCUT2D eigenvalue weighted by Gasteiger charge is 2.60. The minimum atomic E-state index is -2.74. The summed E-state index contributed by atoms with van der Waals surface area (Å²) in [7, 11) is 1.48. The van der Waals surface area contributed by atoms with Gasteiger partial charge in [-0.05, 0) is 25.8 Å². The van der Waals surface area contributed by atoms with E-state index in [0.717, 1.165) is 0 Å². The quantitative estimate of drug-likeness (QED) is 0.197. The van der Waals surface area contributed by atoms with Crippen LogP contribution in [-0.4, -0.2) is 79.1 Å². The Bertz CT molecular complexity index is 1380. The number of primary amides is 1. The number of hydrogen-bond donors (Lipinski definition) is 7. The molecule has 13 heteroatoms. The molecule has 2 amide bonds. The van der Waals surface area contributed by atoms with E-state index < -0.39 is 99.7 Å². The van der Waals surface area contributed by atoms with Gasteiger partial charge in [-0.25, -0.2) is 4.39 Å². The molecule has 0 bridgehead atoms. The van der Waals surface area contributed by atoms with E-state index in [1.165, 1.54) is 11.9 Å². The number of ketones is 2. The molecule has 1 aromatic rings. The van der Waals surface area contributed by atoms with Crippen LogP contribution in [0.3, 0.4) is 0 Å². The van der Waals surface area contributed by atoms with Gasteiger partial charge in [0.2, 0.25) is 11.7 Å². The van der Waals surface area contributed by atoms with E-state index in [9.17, 15) is 44.7 Å². The molecule has 1 aromatic carbocycles. The molecule has 37 heavy (non-hydrogen) atoms. The standard InChI is InChI=1S/C24H24FN3O9/c1-28-5-10-16(25)9-3-7-2-8-4-12(30)15(22(26)35)21(34)24(8,37)20(33)13(7)18(31)14(9)19(32)17(10)27-23(36)11(28)6-29/h7-8,11,29-30,32-33,37H,2-6H2,1H3,(H2,26,35)(H,27,36)/t7-,8+,11+,24+/m1/s1. The topological polar surface area (TPSA) is 211 Å². The van der Waals surface area contributed by atoms with E-state index in [1.54, 1.807) is 0 Å². The monoisotopic (exact) mass is 517 g/mol. The number of rotatable bonds is 2. The third-order valence-electron chi connectivity index (χ3n) is 7.92. The van der Waals surface area contributed by atoms with Crippen LogP contribution in [0.1, 0.15) is 34.3 Å². The molecule has 1 aliphatic heterocycles. The van der Waals surface area contributed by atoms with Crippen LogP contribution in [-0.2, 0) is 27.3 Å². The maximum atomic E-state index is 15.8. The molecule has 5 rings (SSSR count). The van der Waals surface area contributed by atoms with Crippen molar-refractivity contribution in [3.05, 3.63) is 45.2 Å². The minimum Gasteiger partial charge on any atom is -0.511 e. The van der Waals surface area contributed by atoms with Crippen LogP contribution in [0.4, 0.5) is 10.1 Å². The van der Waals surface area contributed by atoms with E-state index in [2.05, 4.69) is 5.32 Å². The SMILES string of the molecule is CN1Cc2c(F)c3c(c(O)c2NC(=O)[C@@H]1CO)C(=O)C1=C(O)[C@]2(O)C(=O)C(C(N)=O)=C(O)C[C@@H]2C[C@@H]1C3. The Hall–Kier alpha value is -3.81. The van der Waals surface area contributed by atoms with Crippen molar-refractivity contribution < 1.29 is 49.1 Å². The van der Waals surface area contributed by atoms with Crippen molar-refractivity contribution in [2.24, 2.45) is 17.6 Å². The van der Waals surface area contributed by atoms with E-state index in [-0.39, 0.29) is 36.2 Å². The van der Waals surface area contributed by atoms with Gasteiger partial charge in [0.1, 0.15) is 29.0 Å². The molecular weight excluding hydrogens is 493 g/mol. The Kier molecular flexibility index (Phi) is 5.44. The van der Waals surface area contributed by atoms with Crippen molar-refractivity contribution in [3.63, 3.8) is 0 Å². The first-order chi connectivity index (χ1) is 17.3. The maximum absolute atomic E-state index is 15.8. The molecule has 1 heterocycles. The van der Waals surface area contributed by atoms with Gasteiger partial charge in [0.05, 0.1) is 17.9 Å². The molecule has 0 fully saturated rings. The molecule has 0 aromatic heterocycles. The smallest absolute Gasteiger partial charge is 0.255 e. The molecule has 4 atom stereocenters. The number of Topliss-reactive ketones (excluding diaryl/α,β-unsaturated/α-hetero) is 2. The molecule has 0 saturated carbocycles. The number of allylic oxidation sites excluding steroid dienone is 2. The van der Waals surface area contributed by atoms with Crippen molar-refractivity contribution in [1.82, 2.24) is 4.90 Å². The first kappa shape index (κ1) is 24.9. The number of anilines is 1. The summed E-state index contributed by atoms with van der Waals surface area (Å²) < 4.78 is 15.8. The fraction of sp³-hybridized carbons (Fsp3) is 0.417. The highest BCUT2D eigenvalue weighted by Crippen LogP contribution is 2.53. The summed E-state index contributed by atoms with van der Waals surface area (Å²) in [6.45, 7) is -0.757. The molecule has 4 aliphatic rings. The fourth-order valence-electron chi connectivity index (χ4n) is 6.04. The van der Waals surface area contributed by atoms with E-state index in [1.807, 2.05) is 0 Å². The van der Waals surface area contributed by atoms with Gasteiger partial charge in [0.15, 0.2) is 17.1 Å². The van der Waals surface area contributed by atoms with Crippen LogP contribution in [0.5, 0.6) is 5.75 Å². The number of nitrogens with two attached hydrogens (primary N) is 1. The van der Waals surface area contributed by atoms with Gasteiger partial charge in [0, 0.05) is 35.6 Å². The van der Waals surface area contributed by atoms with Crippen molar-refractivity contribution in [2.45, 2.75) is 37.5 Å². The summed E-state index contributed by atoms with van der Waals surface area (Å²) in [6, 6.07) is -1.05. The van der Waals surface area contributed by atoms with Gasteiger partial charge in [-0.1, -0.05) is 0 Å². The van der Waals surface area contributed by atoms with Gasteiger partial charge in [-0.15, -0.1) is 0 Å². The zero-order valence-corrected chi connectivity index (χ0v) is 19.5. The van der Waals surface area contributed by atoms with Gasteiger partial charge >= 0.3 is 0 Å². The molecule has 0 radical (unpaired) electrons. The average Bonchev–Trinajstić information content (AvgIpc) is 2.94. The number of nitrogens with one attached hydrogen (secondary N) is 1. The Morgan fingerprint density at radius 3 is 2.49 bits per heavy atom. The first-order valence-electron chi connectivity index (χ1n) is 11.5. The number of nitrogens with zero attached hydrogens (tertiary/aromatic N) is 1. The predicted molar refractivity (Wildman–Crippen MR) is 122 cm³/mol. The zero-order chi connectivity index (χ0) is 27.1. The third-order valence-corrected chi connectivity index (χ3v) is 7.92. The number of carbonyl (C=O) groups is 4. The van der Waals surface area contributed by atoms with Crippen LogP contribution in [0.25, 0.3) is 0 Å². The third kappa shape index (κ3) is 3.17. The normalized spacial score (nSPS) is 29.7. The lowest BCUT2D eigenvalue weighted by Crippen LogP contribution is -2.57. The lowest BCUT2D eigenvalue weighted by molar-refractivity contribution is -0.144. The molecule has 196 valence electrons. The van der Waals surface area contributed by atoms with E-state index >= 15 is 4.39 Å². The number of benzene rings is 1. The predicted octanol–water partition coefficient (Wildman–Crippen LogP) is -0.536. The number of aromatic hydroxyl groups is 1. The largest absolute Gasteiger partial charge is 0.511 e.